The quantitative estimate of drug-likeness (QED) is 0.578. The van der Waals surface area contributed by atoms with Crippen LogP contribution in [-0.2, 0) is 4.79 Å². The lowest BCUT2D eigenvalue weighted by atomic mass is 10.1. The largest absolute Gasteiger partial charge is 0.385 e. The van der Waals surface area contributed by atoms with E-state index < -0.39 is 18.2 Å². The van der Waals surface area contributed by atoms with Crippen molar-refractivity contribution >= 4 is 38.3 Å². The molecule has 0 radical (unpaired) electrons. The maximum atomic E-state index is 12.2. The summed E-state index contributed by atoms with van der Waals surface area (Å²) in [6.45, 7) is 5.60. The van der Waals surface area contributed by atoms with Crippen molar-refractivity contribution in [2.24, 2.45) is 4.99 Å². The smallest absolute Gasteiger partial charge is 0.325 e. The molecule has 2 N–H and O–H groups in total. The Morgan fingerprint density at radius 2 is 2.08 bits per heavy atom. The Morgan fingerprint density at radius 3 is 2.84 bits per heavy atom. The topological polar surface area (TPSA) is 77.0 Å². The number of halogens is 1. The number of nitrogens with zero attached hydrogens (tertiary/aromatic N) is 3. The molecule has 3 rings (SSSR count). The van der Waals surface area contributed by atoms with Crippen LogP contribution in [0.15, 0.2) is 23.2 Å². The van der Waals surface area contributed by atoms with E-state index in [4.69, 9.17) is 0 Å². The molecule has 7 nitrogen and oxygen atoms in total. The summed E-state index contributed by atoms with van der Waals surface area (Å²) >= 11 is 3.43. The van der Waals surface area contributed by atoms with Crippen molar-refractivity contribution in [2.45, 2.75) is 32.5 Å². The number of carbonyl (C=O) groups excluding carboxylic acids is 2. The molecule has 1 fully saturated rings. The number of fused-ring (bicyclic) bond motifs is 1. The maximum absolute atomic E-state index is 12.2. The number of rotatable bonds is 5. The number of hydrogen-bond donors (Lipinski definition) is 2. The van der Waals surface area contributed by atoms with Gasteiger partial charge in [-0.05, 0) is 53.4 Å². The lowest BCUT2D eigenvalue weighted by Crippen LogP contribution is -2.63. The van der Waals surface area contributed by atoms with Crippen molar-refractivity contribution in [3.8, 4) is 0 Å². The van der Waals surface area contributed by atoms with Crippen LogP contribution < -0.4 is 10.6 Å². The summed E-state index contributed by atoms with van der Waals surface area (Å²) in [6.07, 6.45) is 0.370. The molecule has 3 amide bonds. The molecular weight excluding hydrogens is 386 g/mol. The fraction of sp³-hybridized carbons (Fsp3) is 0.471. The lowest BCUT2D eigenvalue weighted by Gasteiger charge is -2.35. The Kier molecular flexibility index (Phi) is 4.99. The van der Waals surface area contributed by atoms with Gasteiger partial charge in [0.2, 0.25) is 0 Å². The first-order valence-electron chi connectivity index (χ1n) is 8.27. The summed E-state index contributed by atoms with van der Waals surface area (Å²) in [5, 5.41) is 5.82. The molecular formula is C17H22BrN5O2. The highest BCUT2D eigenvalue weighted by Gasteiger charge is 2.47. The number of benzene rings is 1. The molecule has 2 aliphatic rings. The first-order valence-corrected chi connectivity index (χ1v) is 9.06. The molecule has 1 aromatic carbocycles. The Morgan fingerprint density at radius 1 is 1.32 bits per heavy atom. The molecule has 1 saturated heterocycles. The van der Waals surface area contributed by atoms with E-state index in [1.807, 2.05) is 4.90 Å². The minimum atomic E-state index is -0.474. The fourth-order valence-corrected chi connectivity index (χ4v) is 3.73. The van der Waals surface area contributed by atoms with Crippen LogP contribution in [0.1, 0.15) is 17.5 Å². The van der Waals surface area contributed by atoms with Crippen LogP contribution in [0.2, 0.25) is 0 Å². The Labute approximate surface area is 155 Å². The molecule has 1 aromatic rings. The second-order valence-electron chi connectivity index (χ2n) is 6.45. The van der Waals surface area contributed by atoms with Crippen LogP contribution in [-0.4, -0.2) is 58.8 Å². The van der Waals surface area contributed by atoms with E-state index >= 15 is 0 Å². The van der Waals surface area contributed by atoms with Gasteiger partial charge in [-0.1, -0.05) is 12.1 Å². The zero-order chi connectivity index (χ0) is 18.1. The third kappa shape index (κ3) is 3.49. The summed E-state index contributed by atoms with van der Waals surface area (Å²) in [4.78, 5) is 31.7. The first-order chi connectivity index (χ1) is 11.9. The van der Waals surface area contributed by atoms with E-state index in [-0.39, 0.29) is 5.91 Å². The van der Waals surface area contributed by atoms with Gasteiger partial charge in [-0.25, -0.2) is 9.79 Å². The highest BCUT2D eigenvalue weighted by atomic mass is 79.9. The van der Waals surface area contributed by atoms with E-state index in [0.29, 0.717) is 11.3 Å². The Hall–Kier alpha value is -2.09. The van der Waals surface area contributed by atoms with Crippen LogP contribution in [0.4, 0.5) is 10.5 Å². The van der Waals surface area contributed by atoms with Gasteiger partial charge in [0.05, 0.1) is 0 Å². The summed E-state index contributed by atoms with van der Waals surface area (Å²) < 4.78 is 0.617. The molecule has 0 spiro atoms. The number of likely N-dealkylation sites (N-methyl/N-ethyl adjacent to an activating group) is 1. The number of urea groups is 1. The highest BCUT2D eigenvalue weighted by molar-refractivity contribution is 9.18. The number of carbonyl (C=O) groups is 2. The normalized spacial score (nSPS) is 22.6. The number of anilines is 1. The maximum Gasteiger partial charge on any atom is 0.325 e. The van der Waals surface area contributed by atoms with Crippen molar-refractivity contribution in [3.05, 3.63) is 29.3 Å². The van der Waals surface area contributed by atoms with Crippen molar-refractivity contribution in [1.29, 1.82) is 0 Å². The summed E-state index contributed by atoms with van der Waals surface area (Å²) in [5.74, 6) is -0.297. The van der Waals surface area contributed by atoms with Crippen LogP contribution >= 0.6 is 15.9 Å². The van der Waals surface area contributed by atoms with Crippen LogP contribution in [0.3, 0.4) is 0 Å². The van der Waals surface area contributed by atoms with Gasteiger partial charge in [0, 0.05) is 25.8 Å². The number of aryl methyl sites for hydroxylation is 2. The predicted octanol–water partition coefficient (Wildman–Crippen LogP) is 2.05. The van der Waals surface area contributed by atoms with Crippen molar-refractivity contribution in [3.63, 3.8) is 0 Å². The average Bonchev–Trinajstić information content (AvgIpc) is 2.90. The second kappa shape index (κ2) is 7.03. The molecule has 25 heavy (non-hydrogen) atoms. The van der Waals surface area contributed by atoms with Gasteiger partial charge in [0.25, 0.3) is 5.91 Å². The number of aliphatic imine (C=N–C) groups is 1. The van der Waals surface area contributed by atoms with Gasteiger partial charge < -0.3 is 15.1 Å². The molecule has 2 heterocycles. The second-order valence-corrected chi connectivity index (χ2v) is 7.16. The van der Waals surface area contributed by atoms with Crippen LogP contribution in [0.5, 0.6) is 0 Å². The Balaban J connectivity index is 1.58. The molecule has 0 aliphatic carbocycles. The van der Waals surface area contributed by atoms with Gasteiger partial charge in [-0.15, -0.1) is 0 Å². The Bertz CT molecular complexity index is 736. The third-order valence-electron chi connectivity index (χ3n) is 4.59. The molecule has 2 atom stereocenters. The number of amides is 3. The first kappa shape index (κ1) is 17.7. The third-order valence-corrected chi connectivity index (χ3v) is 5.25. The molecule has 0 saturated carbocycles. The monoisotopic (exact) mass is 407 g/mol. The minimum absolute atomic E-state index is 0.297. The molecule has 0 bridgehead atoms. The molecule has 2 unspecified atom stereocenters. The molecule has 0 aromatic heterocycles. The molecule has 134 valence electrons. The van der Waals surface area contributed by atoms with Crippen LogP contribution in [0, 0.1) is 13.8 Å². The van der Waals surface area contributed by atoms with Crippen molar-refractivity contribution < 1.29 is 9.59 Å². The molecule has 2 aliphatic heterocycles. The number of imide groups is 1. The zero-order valence-corrected chi connectivity index (χ0v) is 16.1. The van der Waals surface area contributed by atoms with Gasteiger partial charge >= 0.3 is 6.03 Å². The van der Waals surface area contributed by atoms with Gasteiger partial charge in [0.1, 0.15) is 0 Å². The highest BCUT2D eigenvalue weighted by Crippen LogP contribution is 2.26. The van der Waals surface area contributed by atoms with Gasteiger partial charge in [-0.2, -0.15) is 0 Å². The average molecular weight is 408 g/mol. The van der Waals surface area contributed by atoms with Crippen LogP contribution in [0.25, 0.3) is 0 Å². The van der Waals surface area contributed by atoms with Crippen molar-refractivity contribution in [1.82, 2.24) is 15.1 Å². The van der Waals surface area contributed by atoms with Gasteiger partial charge in [-0.3, -0.25) is 10.1 Å². The number of hydrogen-bond acceptors (Lipinski definition) is 5. The van der Waals surface area contributed by atoms with E-state index in [1.54, 1.807) is 7.05 Å². The fourth-order valence-electron chi connectivity index (χ4n) is 3.12. The number of nitrogens with one attached hydrogen (secondary N) is 2. The van der Waals surface area contributed by atoms with E-state index in [9.17, 15) is 9.59 Å². The van der Waals surface area contributed by atoms with E-state index in [1.165, 1.54) is 16.0 Å². The van der Waals surface area contributed by atoms with E-state index in [0.717, 1.165) is 18.7 Å². The summed E-state index contributed by atoms with van der Waals surface area (Å²) in [6, 6.07) is 5.45. The number of amidine groups is 1. The SMILES string of the molecule is Cc1ccc(C)c(NCCCN2C(Br)=NC3C2C(=O)NC(=O)N3C)c1. The molecule has 8 heteroatoms. The summed E-state index contributed by atoms with van der Waals surface area (Å²) in [7, 11) is 1.65. The van der Waals surface area contributed by atoms with E-state index in [2.05, 4.69) is 63.6 Å². The summed E-state index contributed by atoms with van der Waals surface area (Å²) in [5.41, 5.74) is 3.56. The standard InChI is InChI=1S/C17H22BrN5O2/c1-10-5-6-11(2)12(9-10)19-7-4-8-23-13-14(20-16(23)18)22(3)17(25)21-15(13)24/h5-6,9,13-14,19H,4,7-8H2,1-3H3,(H,21,24,25). The predicted molar refractivity (Wildman–Crippen MR) is 101 cm³/mol. The zero-order valence-electron chi connectivity index (χ0n) is 14.5. The van der Waals surface area contributed by atoms with Crippen molar-refractivity contribution in [2.75, 3.05) is 25.5 Å². The minimum Gasteiger partial charge on any atom is -0.385 e. The lowest BCUT2D eigenvalue weighted by molar-refractivity contribution is -0.127. The van der Waals surface area contributed by atoms with Gasteiger partial charge in [0.15, 0.2) is 17.0 Å².